The molecular formula is C19H13N3O. The summed E-state index contributed by atoms with van der Waals surface area (Å²) in [5.74, 6) is -0.166. The first kappa shape index (κ1) is 13.4. The molecule has 0 atom stereocenters. The van der Waals surface area contributed by atoms with Crippen LogP contribution in [0.1, 0.15) is 10.4 Å². The molecule has 0 radical (unpaired) electrons. The van der Waals surface area contributed by atoms with Crippen LogP contribution < -0.4 is 5.32 Å². The average Bonchev–Trinajstić information content (AvgIpc) is 2.61. The van der Waals surface area contributed by atoms with E-state index in [4.69, 9.17) is 0 Å². The maximum Gasteiger partial charge on any atom is 0.256 e. The van der Waals surface area contributed by atoms with E-state index in [0.717, 1.165) is 21.8 Å². The van der Waals surface area contributed by atoms with Crippen LogP contribution >= 0.6 is 0 Å². The zero-order chi connectivity index (χ0) is 15.6. The third kappa shape index (κ3) is 2.51. The van der Waals surface area contributed by atoms with Gasteiger partial charge in [-0.25, -0.2) is 0 Å². The molecule has 110 valence electrons. The van der Waals surface area contributed by atoms with Gasteiger partial charge in [0.15, 0.2) is 0 Å². The zero-order valence-electron chi connectivity index (χ0n) is 12.2. The van der Waals surface area contributed by atoms with Crippen molar-refractivity contribution in [2.24, 2.45) is 0 Å². The largest absolute Gasteiger partial charge is 0.321 e. The molecule has 0 saturated carbocycles. The van der Waals surface area contributed by atoms with Crippen LogP contribution in [0, 0.1) is 0 Å². The highest BCUT2D eigenvalue weighted by atomic mass is 16.1. The fraction of sp³-hybridized carbons (Fsp3) is 0. The number of rotatable bonds is 2. The Morgan fingerprint density at radius 2 is 1.74 bits per heavy atom. The van der Waals surface area contributed by atoms with Gasteiger partial charge in [0.2, 0.25) is 0 Å². The molecule has 2 aromatic heterocycles. The summed E-state index contributed by atoms with van der Waals surface area (Å²) in [6.07, 6.45) is 3.39. The number of nitrogens with zero attached hydrogens (tertiary/aromatic N) is 2. The van der Waals surface area contributed by atoms with E-state index in [1.54, 1.807) is 18.5 Å². The summed E-state index contributed by atoms with van der Waals surface area (Å²) in [5, 5.41) is 4.74. The maximum atomic E-state index is 12.6. The lowest BCUT2D eigenvalue weighted by Gasteiger charge is -2.08. The molecule has 4 nitrogen and oxygen atoms in total. The predicted molar refractivity (Wildman–Crippen MR) is 91.4 cm³/mol. The highest BCUT2D eigenvalue weighted by Gasteiger charge is 2.10. The second kappa shape index (κ2) is 5.50. The Morgan fingerprint density at radius 1 is 0.870 bits per heavy atom. The van der Waals surface area contributed by atoms with E-state index in [2.05, 4.69) is 15.3 Å². The molecule has 0 saturated heterocycles. The molecule has 4 heteroatoms. The van der Waals surface area contributed by atoms with Crippen LogP contribution in [0.4, 0.5) is 5.69 Å². The highest BCUT2D eigenvalue weighted by Crippen LogP contribution is 2.20. The molecule has 23 heavy (non-hydrogen) atoms. The lowest BCUT2D eigenvalue weighted by Crippen LogP contribution is -2.12. The molecule has 0 spiro atoms. The zero-order valence-corrected chi connectivity index (χ0v) is 12.2. The van der Waals surface area contributed by atoms with Crippen molar-refractivity contribution in [2.45, 2.75) is 0 Å². The van der Waals surface area contributed by atoms with Gasteiger partial charge in [-0.15, -0.1) is 0 Å². The second-order valence-corrected chi connectivity index (χ2v) is 5.25. The molecular weight excluding hydrogens is 286 g/mol. The Labute approximate surface area is 132 Å². The molecule has 2 aromatic carbocycles. The Morgan fingerprint density at radius 3 is 2.70 bits per heavy atom. The molecule has 0 aliphatic carbocycles. The lowest BCUT2D eigenvalue weighted by atomic mass is 10.1. The summed E-state index contributed by atoms with van der Waals surface area (Å²) in [5.41, 5.74) is 2.98. The van der Waals surface area contributed by atoms with E-state index < -0.39 is 0 Å². The van der Waals surface area contributed by atoms with Gasteiger partial charge in [-0.1, -0.05) is 30.3 Å². The van der Waals surface area contributed by atoms with Crippen LogP contribution in [-0.4, -0.2) is 15.9 Å². The third-order valence-electron chi connectivity index (χ3n) is 3.74. The van der Waals surface area contributed by atoms with E-state index >= 15 is 0 Å². The summed E-state index contributed by atoms with van der Waals surface area (Å²) in [6.45, 7) is 0. The SMILES string of the molecule is O=C(Nc1cnc2ccccc2c1)c1cccc2ncccc12. The molecule has 4 aromatic rings. The van der Waals surface area contributed by atoms with Gasteiger partial charge in [-0.2, -0.15) is 0 Å². The number of anilines is 1. The first-order chi connectivity index (χ1) is 11.3. The van der Waals surface area contributed by atoms with Gasteiger partial charge in [0.25, 0.3) is 5.91 Å². The van der Waals surface area contributed by atoms with E-state index in [1.165, 1.54) is 0 Å². The molecule has 0 unspecified atom stereocenters. The van der Waals surface area contributed by atoms with Crippen molar-refractivity contribution in [1.29, 1.82) is 0 Å². The van der Waals surface area contributed by atoms with Crippen molar-refractivity contribution in [1.82, 2.24) is 9.97 Å². The quantitative estimate of drug-likeness (QED) is 0.608. The summed E-state index contributed by atoms with van der Waals surface area (Å²) < 4.78 is 0. The second-order valence-electron chi connectivity index (χ2n) is 5.25. The Kier molecular flexibility index (Phi) is 3.20. The minimum Gasteiger partial charge on any atom is -0.321 e. The van der Waals surface area contributed by atoms with Crippen LogP contribution in [0.2, 0.25) is 0 Å². The van der Waals surface area contributed by atoms with Crippen molar-refractivity contribution in [2.75, 3.05) is 5.32 Å². The van der Waals surface area contributed by atoms with E-state index in [1.807, 2.05) is 54.6 Å². The van der Waals surface area contributed by atoms with Crippen molar-refractivity contribution in [3.8, 4) is 0 Å². The summed E-state index contributed by atoms with van der Waals surface area (Å²) in [6, 6.07) is 19.0. The van der Waals surface area contributed by atoms with Crippen LogP contribution in [0.3, 0.4) is 0 Å². The van der Waals surface area contributed by atoms with Crippen LogP contribution in [0.25, 0.3) is 21.8 Å². The number of fused-ring (bicyclic) bond motifs is 2. The average molecular weight is 299 g/mol. The van der Waals surface area contributed by atoms with Gasteiger partial charge in [-0.05, 0) is 30.3 Å². The van der Waals surface area contributed by atoms with Gasteiger partial charge < -0.3 is 5.32 Å². The van der Waals surface area contributed by atoms with Gasteiger partial charge in [0.1, 0.15) is 0 Å². The summed E-state index contributed by atoms with van der Waals surface area (Å²) >= 11 is 0. The van der Waals surface area contributed by atoms with Crippen molar-refractivity contribution in [3.05, 3.63) is 78.6 Å². The molecule has 0 fully saturated rings. The molecule has 1 N–H and O–H groups in total. The Hall–Kier alpha value is -3.27. The van der Waals surface area contributed by atoms with E-state index in [9.17, 15) is 4.79 Å². The fourth-order valence-electron chi connectivity index (χ4n) is 2.64. The monoisotopic (exact) mass is 299 g/mol. The number of carbonyl (C=O) groups is 1. The molecule has 4 rings (SSSR count). The first-order valence-electron chi connectivity index (χ1n) is 7.31. The van der Waals surface area contributed by atoms with Crippen molar-refractivity contribution >= 4 is 33.4 Å². The number of benzene rings is 2. The molecule has 2 heterocycles. The standard InChI is InChI=1S/C19H13N3O/c23-19(16-6-3-9-18-15(16)7-4-10-20-18)22-14-11-13-5-1-2-8-17(13)21-12-14/h1-12H,(H,22,23). The normalized spacial score (nSPS) is 10.8. The smallest absolute Gasteiger partial charge is 0.256 e. The number of nitrogens with one attached hydrogen (secondary N) is 1. The number of pyridine rings is 2. The molecule has 0 aliphatic rings. The molecule has 0 aliphatic heterocycles. The molecule has 1 amide bonds. The minimum atomic E-state index is -0.166. The number of hydrogen-bond donors (Lipinski definition) is 1. The third-order valence-corrected chi connectivity index (χ3v) is 3.74. The Balaban J connectivity index is 1.70. The van der Waals surface area contributed by atoms with Crippen molar-refractivity contribution in [3.63, 3.8) is 0 Å². The summed E-state index contributed by atoms with van der Waals surface area (Å²) in [7, 11) is 0. The lowest BCUT2D eigenvalue weighted by molar-refractivity contribution is 0.102. The Bertz CT molecular complexity index is 1020. The number of carbonyl (C=O) groups excluding carboxylic acids is 1. The number of amides is 1. The predicted octanol–water partition coefficient (Wildman–Crippen LogP) is 4.04. The number of hydrogen-bond acceptors (Lipinski definition) is 3. The van der Waals surface area contributed by atoms with Crippen molar-refractivity contribution < 1.29 is 4.79 Å². The van der Waals surface area contributed by atoms with Crippen LogP contribution in [-0.2, 0) is 0 Å². The fourth-order valence-corrected chi connectivity index (χ4v) is 2.64. The number of para-hydroxylation sites is 1. The van der Waals surface area contributed by atoms with Gasteiger partial charge in [-0.3, -0.25) is 14.8 Å². The highest BCUT2D eigenvalue weighted by molar-refractivity contribution is 6.12. The van der Waals surface area contributed by atoms with Gasteiger partial charge >= 0.3 is 0 Å². The molecule has 0 bridgehead atoms. The minimum absolute atomic E-state index is 0.166. The van der Waals surface area contributed by atoms with E-state index in [-0.39, 0.29) is 5.91 Å². The van der Waals surface area contributed by atoms with Crippen LogP contribution in [0.15, 0.2) is 73.1 Å². The van der Waals surface area contributed by atoms with Gasteiger partial charge in [0.05, 0.1) is 22.9 Å². The maximum absolute atomic E-state index is 12.6. The summed E-state index contributed by atoms with van der Waals surface area (Å²) in [4.78, 5) is 21.2. The van der Waals surface area contributed by atoms with Crippen LogP contribution in [0.5, 0.6) is 0 Å². The topological polar surface area (TPSA) is 54.9 Å². The van der Waals surface area contributed by atoms with Gasteiger partial charge in [0, 0.05) is 22.5 Å². The van der Waals surface area contributed by atoms with E-state index in [0.29, 0.717) is 11.3 Å². The first-order valence-corrected chi connectivity index (χ1v) is 7.31. The number of aromatic nitrogens is 2.